The van der Waals surface area contributed by atoms with E-state index in [1.807, 2.05) is 90.5 Å². The smallest absolute Gasteiger partial charge is 0.163 e. The zero-order valence-corrected chi connectivity index (χ0v) is 14.8. The summed E-state index contributed by atoms with van der Waals surface area (Å²) in [5.41, 5.74) is 4.11. The third-order valence-corrected chi connectivity index (χ3v) is 4.89. The number of aromatic nitrogens is 3. The number of rotatable bonds is 2. The summed E-state index contributed by atoms with van der Waals surface area (Å²) in [5.74, 6) is 0.252. The van der Waals surface area contributed by atoms with E-state index in [-0.39, 0.29) is 5.75 Å². The molecule has 5 aromatic rings. The second-order valence-electron chi connectivity index (χ2n) is 6.58. The molecule has 4 heteroatoms. The van der Waals surface area contributed by atoms with Crippen molar-refractivity contribution in [2.45, 2.75) is 6.92 Å². The molecule has 0 aliphatic carbocycles. The van der Waals surface area contributed by atoms with E-state index in [4.69, 9.17) is 4.98 Å². The van der Waals surface area contributed by atoms with Gasteiger partial charge in [0.05, 0.1) is 17.1 Å². The Balaban J connectivity index is 1.75. The Labute approximate surface area is 156 Å². The highest BCUT2D eigenvalue weighted by atomic mass is 16.3. The van der Waals surface area contributed by atoms with E-state index in [2.05, 4.69) is 5.10 Å². The highest BCUT2D eigenvalue weighted by Crippen LogP contribution is 2.36. The Kier molecular flexibility index (Phi) is 3.44. The predicted octanol–water partition coefficient (Wildman–Crippen LogP) is 5.25. The molecule has 0 radical (unpaired) electrons. The molecule has 3 aromatic carbocycles. The van der Waals surface area contributed by atoms with Crippen LogP contribution in [0.4, 0.5) is 0 Å². The van der Waals surface area contributed by atoms with Crippen LogP contribution >= 0.6 is 0 Å². The predicted molar refractivity (Wildman–Crippen MR) is 108 cm³/mol. The van der Waals surface area contributed by atoms with Crippen LogP contribution in [-0.4, -0.2) is 19.9 Å². The van der Waals surface area contributed by atoms with Gasteiger partial charge in [-0.2, -0.15) is 5.10 Å². The van der Waals surface area contributed by atoms with Gasteiger partial charge in [-0.15, -0.1) is 0 Å². The molecule has 0 amide bonds. The number of phenols is 1. The molecule has 5 rings (SSSR count). The molecule has 0 atom stereocenters. The van der Waals surface area contributed by atoms with Crippen LogP contribution in [0, 0.1) is 6.92 Å². The maximum absolute atomic E-state index is 10.8. The average molecular weight is 351 g/mol. The van der Waals surface area contributed by atoms with Crippen LogP contribution in [0.25, 0.3) is 38.8 Å². The number of fused-ring (bicyclic) bond motifs is 2. The third kappa shape index (κ3) is 2.46. The molecule has 0 unspecified atom stereocenters. The fourth-order valence-corrected chi connectivity index (χ4v) is 3.50. The van der Waals surface area contributed by atoms with E-state index in [1.165, 1.54) is 0 Å². The van der Waals surface area contributed by atoms with E-state index >= 15 is 0 Å². The fraction of sp³-hybridized carbons (Fsp3) is 0.0435. The zero-order valence-electron chi connectivity index (χ0n) is 14.8. The maximum Gasteiger partial charge on any atom is 0.163 e. The van der Waals surface area contributed by atoms with E-state index in [0.717, 1.165) is 38.9 Å². The molecule has 0 saturated heterocycles. The largest absolute Gasteiger partial charge is 0.507 e. The molecule has 0 bridgehead atoms. The van der Waals surface area contributed by atoms with Gasteiger partial charge in [0.15, 0.2) is 5.65 Å². The lowest BCUT2D eigenvalue weighted by atomic mass is 10.0. The van der Waals surface area contributed by atoms with Gasteiger partial charge in [-0.1, -0.05) is 48.5 Å². The standard InChI is InChI=1S/C23H17N3O/c1-15-18-13-14-21(20-12-11-16-7-5-6-10-19(16)22(20)27)24-23(18)26(25-15)17-8-3-2-4-9-17/h2-14,27H,1H3. The van der Waals surface area contributed by atoms with E-state index in [1.54, 1.807) is 0 Å². The zero-order chi connectivity index (χ0) is 18.4. The van der Waals surface area contributed by atoms with Crippen LogP contribution in [0.2, 0.25) is 0 Å². The van der Waals surface area contributed by atoms with Crippen molar-refractivity contribution < 1.29 is 5.11 Å². The summed E-state index contributed by atoms with van der Waals surface area (Å²) in [6, 6.07) is 25.7. The van der Waals surface area contributed by atoms with Crippen molar-refractivity contribution in [2.75, 3.05) is 0 Å². The topological polar surface area (TPSA) is 50.9 Å². The summed E-state index contributed by atoms with van der Waals surface area (Å²) < 4.78 is 1.85. The number of para-hydroxylation sites is 1. The lowest BCUT2D eigenvalue weighted by Crippen LogP contribution is -1.98. The minimum atomic E-state index is 0.252. The number of hydrogen-bond donors (Lipinski definition) is 1. The highest BCUT2D eigenvalue weighted by Gasteiger charge is 2.14. The van der Waals surface area contributed by atoms with Gasteiger partial charge < -0.3 is 5.11 Å². The second-order valence-corrected chi connectivity index (χ2v) is 6.58. The van der Waals surface area contributed by atoms with E-state index in [0.29, 0.717) is 5.56 Å². The number of pyridine rings is 1. The van der Waals surface area contributed by atoms with Crippen molar-refractivity contribution in [1.29, 1.82) is 0 Å². The molecule has 130 valence electrons. The van der Waals surface area contributed by atoms with Gasteiger partial charge in [0, 0.05) is 16.3 Å². The second kappa shape index (κ2) is 5.95. The molecule has 0 spiro atoms. The average Bonchev–Trinajstić information content (AvgIpc) is 3.05. The van der Waals surface area contributed by atoms with Crippen LogP contribution in [0.5, 0.6) is 5.75 Å². The number of hydrogen-bond acceptors (Lipinski definition) is 3. The van der Waals surface area contributed by atoms with Gasteiger partial charge in [-0.3, -0.25) is 0 Å². The Morgan fingerprint density at radius 1 is 0.778 bits per heavy atom. The minimum Gasteiger partial charge on any atom is -0.507 e. The molecule has 2 aromatic heterocycles. The van der Waals surface area contributed by atoms with Crippen molar-refractivity contribution in [1.82, 2.24) is 14.8 Å². The molecule has 27 heavy (non-hydrogen) atoms. The van der Waals surface area contributed by atoms with Crippen molar-refractivity contribution >= 4 is 21.8 Å². The summed E-state index contributed by atoms with van der Waals surface area (Å²) in [5, 5.41) is 18.3. The molecular formula is C23H17N3O. The van der Waals surface area contributed by atoms with Crippen molar-refractivity contribution in [3.05, 3.63) is 84.6 Å². The highest BCUT2D eigenvalue weighted by molar-refractivity contribution is 5.95. The first kappa shape index (κ1) is 15.6. The van der Waals surface area contributed by atoms with E-state index in [9.17, 15) is 5.11 Å². The molecule has 2 heterocycles. The molecule has 0 aliphatic heterocycles. The number of benzene rings is 3. The minimum absolute atomic E-state index is 0.252. The molecule has 0 aliphatic rings. The Bertz CT molecular complexity index is 1290. The molecule has 0 fully saturated rings. The third-order valence-electron chi connectivity index (χ3n) is 4.89. The first-order valence-corrected chi connectivity index (χ1v) is 8.85. The number of nitrogens with zero attached hydrogens (tertiary/aromatic N) is 3. The Morgan fingerprint density at radius 3 is 2.41 bits per heavy atom. The van der Waals surface area contributed by atoms with Crippen molar-refractivity contribution in [3.63, 3.8) is 0 Å². The van der Waals surface area contributed by atoms with Gasteiger partial charge in [0.2, 0.25) is 0 Å². The Morgan fingerprint density at radius 2 is 1.56 bits per heavy atom. The van der Waals surface area contributed by atoms with Gasteiger partial charge in [-0.25, -0.2) is 9.67 Å². The van der Waals surface area contributed by atoms with Crippen LogP contribution in [0.1, 0.15) is 5.69 Å². The molecular weight excluding hydrogens is 334 g/mol. The fourth-order valence-electron chi connectivity index (χ4n) is 3.50. The summed E-state index contributed by atoms with van der Waals surface area (Å²) in [6.45, 7) is 1.98. The number of aryl methyl sites for hydroxylation is 1. The van der Waals surface area contributed by atoms with Crippen LogP contribution in [-0.2, 0) is 0 Å². The van der Waals surface area contributed by atoms with Crippen LogP contribution in [0.15, 0.2) is 78.9 Å². The first-order valence-electron chi connectivity index (χ1n) is 8.85. The van der Waals surface area contributed by atoms with Crippen LogP contribution < -0.4 is 0 Å². The SMILES string of the molecule is Cc1nn(-c2ccccc2)c2nc(-c3ccc4ccccc4c3O)ccc12. The van der Waals surface area contributed by atoms with Crippen molar-refractivity contribution in [2.24, 2.45) is 0 Å². The number of phenolic OH excluding ortho intramolecular Hbond substituents is 1. The lowest BCUT2D eigenvalue weighted by molar-refractivity contribution is 0.483. The summed E-state index contributed by atoms with van der Waals surface area (Å²) >= 11 is 0. The first-order chi connectivity index (χ1) is 13.2. The monoisotopic (exact) mass is 351 g/mol. The van der Waals surface area contributed by atoms with Gasteiger partial charge >= 0.3 is 0 Å². The number of aromatic hydroxyl groups is 1. The normalized spacial score (nSPS) is 11.3. The summed E-state index contributed by atoms with van der Waals surface area (Å²) in [7, 11) is 0. The molecule has 1 N–H and O–H groups in total. The molecule has 0 saturated carbocycles. The summed E-state index contributed by atoms with van der Waals surface area (Å²) in [4.78, 5) is 4.85. The maximum atomic E-state index is 10.8. The van der Waals surface area contributed by atoms with Gasteiger partial charge in [0.1, 0.15) is 5.75 Å². The van der Waals surface area contributed by atoms with Crippen molar-refractivity contribution in [3.8, 4) is 22.7 Å². The van der Waals surface area contributed by atoms with Crippen LogP contribution in [0.3, 0.4) is 0 Å². The quantitative estimate of drug-likeness (QED) is 0.472. The van der Waals surface area contributed by atoms with Gasteiger partial charge in [0.25, 0.3) is 0 Å². The van der Waals surface area contributed by atoms with Gasteiger partial charge in [-0.05, 0) is 42.6 Å². The summed E-state index contributed by atoms with van der Waals surface area (Å²) in [6.07, 6.45) is 0. The molecule has 4 nitrogen and oxygen atoms in total. The van der Waals surface area contributed by atoms with E-state index < -0.39 is 0 Å². The Hall–Kier alpha value is -3.66. The lowest BCUT2D eigenvalue weighted by Gasteiger charge is -2.09.